The van der Waals surface area contributed by atoms with Gasteiger partial charge in [-0.05, 0) is 0 Å². The minimum atomic E-state index is 0. The summed E-state index contributed by atoms with van der Waals surface area (Å²) in [5, 5.41) is 0. The molecule has 0 unspecified atom stereocenters. The molecule has 0 bridgehead atoms. The molecular formula is C20H32Zr. The second kappa shape index (κ2) is 12.2. The summed E-state index contributed by atoms with van der Waals surface area (Å²) in [5.41, 5.74) is 8.80. The maximum absolute atomic E-state index is 2.20. The van der Waals surface area contributed by atoms with E-state index < -0.39 is 0 Å². The number of hydrogen-bond donors (Lipinski definition) is 0. The van der Waals surface area contributed by atoms with Crippen LogP contribution in [0.2, 0.25) is 0 Å². The summed E-state index contributed by atoms with van der Waals surface area (Å²) >= 11 is 0. The Kier molecular flexibility index (Phi) is 14.8. The Morgan fingerprint density at radius 1 is 0.857 bits per heavy atom. The van der Waals surface area contributed by atoms with Gasteiger partial charge < -0.3 is 14.9 Å². The van der Waals surface area contributed by atoms with E-state index in [-0.39, 0.29) is 41.1 Å². The van der Waals surface area contributed by atoms with Gasteiger partial charge in [-0.15, -0.1) is 0 Å². The van der Waals surface area contributed by atoms with Crippen LogP contribution in [0.1, 0.15) is 46.7 Å². The molecule has 0 amide bonds. The molecule has 0 saturated carbocycles. The Morgan fingerprint density at radius 3 is 1.48 bits per heavy atom. The van der Waals surface area contributed by atoms with E-state index in [0.717, 1.165) is 0 Å². The predicted molar refractivity (Wildman–Crippen MR) is 94.6 cm³/mol. The van der Waals surface area contributed by atoms with E-state index in [0.29, 0.717) is 0 Å². The molecule has 0 aliphatic heterocycles. The van der Waals surface area contributed by atoms with Gasteiger partial charge in [0, 0.05) is 0 Å². The van der Waals surface area contributed by atoms with Crippen molar-refractivity contribution in [2.24, 2.45) is 0 Å². The zero-order valence-corrected chi connectivity index (χ0v) is 17.7. The molecule has 0 aromatic heterocycles. The Morgan fingerprint density at radius 2 is 1.24 bits per heavy atom. The van der Waals surface area contributed by atoms with E-state index >= 15 is 0 Å². The minimum Gasteiger partial charge on any atom is -0.358 e. The molecule has 0 aliphatic rings. The van der Waals surface area contributed by atoms with Gasteiger partial charge in [0.05, 0.1) is 0 Å². The Bertz CT molecular complexity index is 392. The summed E-state index contributed by atoms with van der Waals surface area (Å²) in [6.07, 6.45) is 2.48. The van der Waals surface area contributed by atoms with Crippen molar-refractivity contribution in [1.82, 2.24) is 0 Å². The van der Waals surface area contributed by atoms with Crippen molar-refractivity contribution in [3.8, 4) is 0 Å². The molecule has 116 valence electrons. The Balaban J connectivity index is -0.000000274. The van der Waals surface area contributed by atoms with Crippen LogP contribution in [0.15, 0.2) is 24.3 Å². The molecule has 0 radical (unpaired) electrons. The monoisotopic (exact) mass is 362 g/mol. The maximum Gasteiger partial charge on any atom is 4.00 e. The van der Waals surface area contributed by atoms with Crippen molar-refractivity contribution in [2.75, 3.05) is 0 Å². The zero-order valence-electron chi connectivity index (χ0n) is 15.2. The van der Waals surface area contributed by atoms with Gasteiger partial charge in [-0.3, -0.25) is 0 Å². The molecule has 2 aromatic carbocycles. The zero-order chi connectivity index (χ0) is 13.7. The van der Waals surface area contributed by atoms with Crippen LogP contribution in [0.4, 0.5) is 0 Å². The second-order valence-electron chi connectivity index (χ2n) is 5.17. The summed E-state index contributed by atoms with van der Waals surface area (Å²) in [5.74, 6) is 0. The summed E-state index contributed by atoms with van der Waals surface area (Å²) in [6, 6.07) is 8.52. The standard InChI is InChI=1S/C10H15.C8H11.2CH3.Zr/c1-6-7(2)9(4)10(5)8(6)3;1-2-5-8-6-3-4-7-8;;;/h1-5H3;3-4,6-7H,2,5H2,1H3;2*1H3;/q4*-1;+4. The van der Waals surface area contributed by atoms with Crippen molar-refractivity contribution < 1.29 is 26.2 Å². The molecule has 21 heavy (non-hydrogen) atoms. The van der Waals surface area contributed by atoms with Crippen LogP contribution in [0.5, 0.6) is 0 Å². The van der Waals surface area contributed by atoms with Gasteiger partial charge in [-0.25, -0.2) is 12.1 Å². The van der Waals surface area contributed by atoms with Crippen LogP contribution in [-0.4, -0.2) is 0 Å². The predicted octanol–water partition coefficient (Wildman–Crippen LogP) is 6.20. The SMILES string of the molecule is CCC[c-]1cccc1.Cc1c(C)c(C)[c-](C)c1C.[CH3-].[CH3-].[Zr+4]. The van der Waals surface area contributed by atoms with Gasteiger partial charge in [-0.2, -0.15) is 45.5 Å². The van der Waals surface area contributed by atoms with E-state index in [4.69, 9.17) is 0 Å². The molecule has 0 saturated heterocycles. The molecule has 2 rings (SSSR count). The van der Waals surface area contributed by atoms with E-state index in [2.05, 4.69) is 65.8 Å². The topological polar surface area (TPSA) is 0 Å². The van der Waals surface area contributed by atoms with E-state index in [1.807, 2.05) is 0 Å². The third-order valence-electron chi connectivity index (χ3n) is 4.08. The van der Waals surface area contributed by atoms with Crippen molar-refractivity contribution in [1.29, 1.82) is 0 Å². The van der Waals surface area contributed by atoms with Crippen molar-refractivity contribution >= 4 is 0 Å². The fraction of sp³-hybridized carbons (Fsp3) is 0.400. The van der Waals surface area contributed by atoms with Crippen molar-refractivity contribution in [3.63, 3.8) is 0 Å². The number of rotatable bonds is 2. The van der Waals surface area contributed by atoms with E-state index in [9.17, 15) is 0 Å². The van der Waals surface area contributed by atoms with Crippen molar-refractivity contribution in [3.05, 3.63) is 72.5 Å². The van der Waals surface area contributed by atoms with Crippen LogP contribution in [0.3, 0.4) is 0 Å². The molecule has 0 aliphatic carbocycles. The first-order valence-corrected chi connectivity index (χ1v) is 6.89. The third-order valence-corrected chi connectivity index (χ3v) is 4.08. The molecule has 0 heterocycles. The molecule has 0 atom stereocenters. The van der Waals surface area contributed by atoms with Crippen LogP contribution in [0.25, 0.3) is 0 Å². The smallest absolute Gasteiger partial charge is 0.358 e. The van der Waals surface area contributed by atoms with Gasteiger partial charge >= 0.3 is 26.2 Å². The normalized spacial score (nSPS) is 8.67. The molecule has 0 spiro atoms. The van der Waals surface area contributed by atoms with Crippen LogP contribution < -0.4 is 0 Å². The molecule has 0 N–H and O–H groups in total. The Labute approximate surface area is 152 Å². The number of aryl methyl sites for hydroxylation is 1. The molecule has 1 heteroatoms. The van der Waals surface area contributed by atoms with E-state index in [1.165, 1.54) is 46.2 Å². The van der Waals surface area contributed by atoms with Crippen LogP contribution >= 0.6 is 0 Å². The van der Waals surface area contributed by atoms with Gasteiger partial charge in [0.25, 0.3) is 0 Å². The summed E-state index contributed by atoms with van der Waals surface area (Å²) < 4.78 is 0. The quantitative estimate of drug-likeness (QED) is 0.557. The molecule has 2 aromatic rings. The van der Waals surface area contributed by atoms with Gasteiger partial charge in [0.1, 0.15) is 0 Å². The van der Waals surface area contributed by atoms with Gasteiger partial charge in [0.15, 0.2) is 0 Å². The minimum absolute atomic E-state index is 0. The summed E-state index contributed by atoms with van der Waals surface area (Å²) in [4.78, 5) is 0. The average molecular weight is 364 g/mol. The Hall–Kier alpha value is -0.417. The molecular weight excluding hydrogens is 331 g/mol. The van der Waals surface area contributed by atoms with Gasteiger partial charge in [0.2, 0.25) is 0 Å². The second-order valence-corrected chi connectivity index (χ2v) is 5.17. The number of hydrogen-bond acceptors (Lipinski definition) is 0. The van der Waals surface area contributed by atoms with Crippen LogP contribution in [0, 0.1) is 49.5 Å². The first-order chi connectivity index (χ1) is 8.49. The fourth-order valence-electron chi connectivity index (χ4n) is 2.28. The average Bonchev–Trinajstić information content (AvgIpc) is 2.93. The third kappa shape index (κ3) is 6.92. The summed E-state index contributed by atoms with van der Waals surface area (Å²) in [7, 11) is 0. The fourth-order valence-corrected chi connectivity index (χ4v) is 2.28. The largest absolute Gasteiger partial charge is 4.00 e. The first-order valence-electron chi connectivity index (χ1n) is 6.89. The first kappa shape index (κ1) is 25.5. The molecule has 0 nitrogen and oxygen atoms in total. The van der Waals surface area contributed by atoms with Gasteiger partial charge in [-0.1, -0.05) is 54.4 Å². The molecule has 0 fully saturated rings. The maximum atomic E-state index is 2.20. The van der Waals surface area contributed by atoms with Crippen molar-refractivity contribution in [2.45, 2.75) is 54.4 Å². The van der Waals surface area contributed by atoms with E-state index in [1.54, 1.807) is 0 Å². The summed E-state index contributed by atoms with van der Waals surface area (Å²) in [6.45, 7) is 13.2. The van der Waals surface area contributed by atoms with Crippen LogP contribution in [-0.2, 0) is 32.6 Å².